The van der Waals surface area contributed by atoms with Crippen LogP contribution in [0.3, 0.4) is 0 Å². The molecule has 29 heavy (non-hydrogen) atoms. The second-order valence-electron chi connectivity index (χ2n) is 9.39. The van der Waals surface area contributed by atoms with Gasteiger partial charge in [-0.1, -0.05) is 32.1 Å². The van der Waals surface area contributed by atoms with E-state index < -0.39 is 12.0 Å². The Morgan fingerprint density at radius 3 is 2.79 bits per heavy atom. The SMILES string of the molecule is CC1(C)OC(=O)c2cc3cc(NC(O)C4NCC[C@H]4C4CCCCC4)ccc3n21. The van der Waals surface area contributed by atoms with Gasteiger partial charge in [0.05, 0.1) is 11.6 Å². The van der Waals surface area contributed by atoms with Gasteiger partial charge in [-0.25, -0.2) is 4.79 Å². The first-order valence-corrected chi connectivity index (χ1v) is 11.0. The maximum atomic E-state index is 12.2. The predicted octanol–water partition coefficient (Wildman–Crippen LogP) is 3.79. The summed E-state index contributed by atoms with van der Waals surface area (Å²) in [5, 5.41) is 18.8. The Labute approximate surface area is 171 Å². The lowest BCUT2D eigenvalue weighted by Gasteiger charge is -2.34. The number of hydrogen-bond donors (Lipinski definition) is 3. The summed E-state index contributed by atoms with van der Waals surface area (Å²) in [5.74, 6) is 0.979. The normalized spacial score (nSPS) is 27.8. The van der Waals surface area contributed by atoms with Crippen molar-refractivity contribution in [3.8, 4) is 0 Å². The Morgan fingerprint density at radius 2 is 2.00 bits per heavy atom. The van der Waals surface area contributed by atoms with E-state index in [0.29, 0.717) is 11.6 Å². The minimum absolute atomic E-state index is 0.0850. The zero-order chi connectivity index (χ0) is 20.2. The van der Waals surface area contributed by atoms with Crippen molar-refractivity contribution in [1.29, 1.82) is 0 Å². The molecule has 1 aliphatic carbocycles. The number of hydrogen-bond acceptors (Lipinski definition) is 5. The highest BCUT2D eigenvalue weighted by Gasteiger charge is 2.39. The van der Waals surface area contributed by atoms with E-state index in [2.05, 4.69) is 10.6 Å². The summed E-state index contributed by atoms with van der Waals surface area (Å²) < 4.78 is 7.41. The minimum Gasteiger partial charge on any atom is -0.434 e. The highest BCUT2D eigenvalue weighted by atomic mass is 16.6. The van der Waals surface area contributed by atoms with Gasteiger partial charge in [0.1, 0.15) is 11.9 Å². The third-order valence-corrected chi connectivity index (χ3v) is 7.12. The van der Waals surface area contributed by atoms with Gasteiger partial charge in [-0.2, -0.15) is 0 Å². The van der Waals surface area contributed by atoms with Gasteiger partial charge in [-0.05, 0) is 62.9 Å². The lowest BCUT2D eigenvalue weighted by molar-refractivity contribution is -0.0163. The van der Waals surface area contributed by atoms with E-state index in [9.17, 15) is 9.90 Å². The Balaban J connectivity index is 1.36. The molecule has 3 aliphatic rings. The lowest BCUT2D eigenvalue weighted by Crippen LogP contribution is -2.45. The number of ether oxygens (including phenoxy) is 1. The van der Waals surface area contributed by atoms with E-state index in [4.69, 9.17) is 4.74 Å². The molecule has 2 aliphatic heterocycles. The first kappa shape index (κ1) is 18.9. The number of aromatic nitrogens is 1. The molecule has 1 aromatic heterocycles. The standard InChI is InChI=1S/C23H31N3O3/c1-23(2)26-18-9-8-16(12-15(18)13-19(26)22(28)29-23)25-21(27)20-17(10-11-24-20)14-6-4-3-5-7-14/h8-9,12-14,17,20-21,24-25,27H,3-7,10-11H2,1-2H3/t17-,20?,21?/m0/s1. The summed E-state index contributed by atoms with van der Waals surface area (Å²) in [7, 11) is 0. The van der Waals surface area contributed by atoms with Gasteiger partial charge < -0.3 is 20.5 Å². The van der Waals surface area contributed by atoms with Crippen molar-refractivity contribution < 1.29 is 14.6 Å². The number of anilines is 1. The average Bonchev–Trinajstić information content (AvgIpc) is 3.37. The Kier molecular flexibility index (Phi) is 4.59. The van der Waals surface area contributed by atoms with Crippen molar-refractivity contribution in [1.82, 2.24) is 9.88 Å². The third-order valence-electron chi connectivity index (χ3n) is 7.12. The second kappa shape index (κ2) is 7.03. The molecule has 3 atom stereocenters. The zero-order valence-corrected chi connectivity index (χ0v) is 17.3. The first-order chi connectivity index (χ1) is 13.9. The van der Waals surface area contributed by atoms with E-state index in [1.54, 1.807) is 0 Å². The van der Waals surface area contributed by atoms with Crippen molar-refractivity contribution in [2.24, 2.45) is 11.8 Å². The highest BCUT2D eigenvalue weighted by Crippen LogP contribution is 2.38. The molecule has 3 heterocycles. The van der Waals surface area contributed by atoms with Gasteiger partial charge in [0.25, 0.3) is 0 Å². The molecule has 2 fully saturated rings. The number of nitrogens with zero attached hydrogens (tertiary/aromatic N) is 1. The topological polar surface area (TPSA) is 75.5 Å². The maximum Gasteiger partial charge on any atom is 0.357 e. The van der Waals surface area contributed by atoms with Gasteiger partial charge in [0.15, 0.2) is 5.72 Å². The molecule has 6 nitrogen and oxygen atoms in total. The molecule has 0 spiro atoms. The van der Waals surface area contributed by atoms with E-state index >= 15 is 0 Å². The zero-order valence-electron chi connectivity index (χ0n) is 17.3. The van der Waals surface area contributed by atoms with Crippen molar-refractivity contribution in [2.45, 2.75) is 70.4 Å². The first-order valence-electron chi connectivity index (χ1n) is 11.0. The predicted molar refractivity (Wildman–Crippen MR) is 113 cm³/mol. The monoisotopic (exact) mass is 397 g/mol. The molecule has 0 amide bonds. The number of carbonyl (C=O) groups is 1. The molecule has 0 bridgehead atoms. The van der Waals surface area contributed by atoms with Crippen LogP contribution in [0.15, 0.2) is 24.3 Å². The Bertz CT molecular complexity index is 929. The number of rotatable bonds is 4. The van der Waals surface area contributed by atoms with E-state index in [1.807, 2.05) is 42.7 Å². The fourth-order valence-electron chi connectivity index (χ4n) is 5.81. The lowest BCUT2D eigenvalue weighted by atomic mass is 9.76. The van der Waals surface area contributed by atoms with Crippen LogP contribution in [0.2, 0.25) is 0 Å². The number of cyclic esters (lactones) is 1. The minimum atomic E-state index is -0.677. The van der Waals surface area contributed by atoms with Gasteiger partial charge in [-0.15, -0.1) is 0 Å². The molecule has 6 heteroatoms. The molecule has 2 aromatic rings. The number of benzene rings is 1. The van der Waals surface area contributed by atoms with Gasteiger partial charge in [0, 0.05) is 11.1 Å². The van der Waals surface area contributed by atoms with Crippen molar-refractivity contribution in [3.63, 3.8) is 0 Å². The van der Waals surface area contributed by atoms with Crippen molar-refractivity contribution in [2.75, 3.05) is 11.9 Å². The average molecular weight is 398 g/mol. The smallest absolute Gasteiger partial charge is 0.357 e. The Morgan fingerprint density at radius 1 is 1.21 bits per heavy atom. The number of aliphatic hydroxyl groups is 1. The number of aliphatic hydroxyl groups excluding tert-OH is 1. The fourth-order valence-corrected chi connectivity index (χ4v) is 5.81. The summed E-state index contributed by atoms with van der Waals surface area (Å²) in [4.78, 5) is 12.2. The molecule has 1 saturated carbocycles. The van der Waals surface area contributed by atoms with Gasteiger partial charge in [0.2, 0.25) is 0 Å². The number of nitrogens with one attached hydrogen (secondary N) is 2. The van der Waals surface area contributed by atoms with E-state index in [0.717, 1.165) is 35.5 Å². The van der Waals surface area contributed by atoms with Crippen molar-refractivity contribution in [3.05, 3.63) is 30.0 Å². The second-order valence-corrected chi connectivity index (χ2v) is 9.39. The summed E-state index contributed by atoms with van der Waals surface area (Å²) in [6, 6.07) is 7.95. The molecule has 3 N–H and O–H groups in total. The Hall–Kier alpha value is -2.05. The fraction of sp³-hybridized carbons (Fsp3) is 0.609. The number of esters is 1. The summed E-state index contributed by atoms with van der Waals surface area (Å²) >= 11 is 0. The van der Waals surface area contributed by atoms with Crippen LogP contribution in [0.5, 0.6) is 0 Å². The van der Waals surface area contributed by atoms with Crippen LogP contribution >= 0.6 is 0 Å². The molecule has 1 aromatic carbocycles. The van der Waals surface area contributed by atoms with Crippen LogP contribution in [-0.2, 0) is 10.5 Å². The molecule has 2 unspecified atom stereocenters. The van der Waals surface area contributed by atoms with Crippen LogP contribution in [-0.4, -0.2) is 34.5 Å². The third kappa shape index (κ3) is 3.22. The number of carbonyl (C=O) groups excluding carboxylic acids is 1. The molecular weight excluding hydrogens is 366 g/mol. The molecule has 1 saturated heterocycles. The quantitative estimate of drug-likeness (QED) is 0.541. The van der Waals surface area contributed by atoms with Gasteiger partial charge >= 0.3 is 5.97 Å². The summed E-state index contributed by atoms with van der Waals surface area (Å²) in [6.45, 7) is 4.77. The van der Waals surface area contributed by atoms with Crippen LogP contribution in [0, 0.1) is 11.8 Å². The van der Waals surface area contributed by atoms with Crippen LogP contribution in [0.4, 0.5) is 5.69 Å². The van der Waals surface area contributed by atoms with Gasteiger partial charge in [-0.3, -0.25) is 4.57 Å². The number of fused-ring (bicyclic) bond motifs is 3. The van der Waals surface area contributed by atoms with E-state index in [1.165, 1.54) is 32.1 Å². The molecule has 0 radical (unpaired) electrons. The van der Waals surface area contributed by atoms with Crippen LogP contribution < -0.4 is 10.6 Å². The van der Waals surface area contributed by atoms with Crippen LogP contribution in [0.1, 0.15) is 62.9 Å². The summed E-state index contributed by atoms with van der Waals surface area (Å²) in [6.07, 6.45) is 7.12. The highest BCUT2D eigenvalue weighted by molar-refractivity contribution is 5.98. The maximum absolute atomic E-state index is 12.2. The summed E-state index contributed by atoms with van der Waals surface area (Å²) in [5.41, 5.74) is 1.74. The molecule has 156 valence electrons. The molecular formula is C23H31N3O3. The van der Waals surface area contributed by atoms with Crippen molar-refractivity contribution >= 4 is 22.6 Å². The molecule has 5 rings (SSSR count). The van der Waals surface area contributed by atoms with E-state index in [-0.39, 0.29) is 12.0 Å². The van der Waals surface area contributed by atoms with Crippen LogP contribution in [0.25, 0.3) is 10.9 Å². The largest absolute Gasteiger partial charge is 0.434 e.